The highest BCUT2D eigenvalue weighted by atomic mass is 79.9. The summed E-state index contributed by atoms with van der Waals surface area (Å²) in [7, 11) is 1.67. The highest BCUT2D eigenvalue weighted by Crippen LogP contribution is 2.16. The van der Waals surface area contributed by atoms with Gasteiger partial charge in [0.25, 0.3) is 0 Å². The molecule has 0 bridgehead atoms. The third-order valence-electron chi connectivity index (χ3n) is 2.24. The van der Waals surface area contributed by atoms with Gasteiger partial charge in [0.1, 0.15) is 0 Å². The van der Waals surface area contributed by atoms with Crippen molar-refractivity contribution >= 4 is 33.6 Å². The lowest BCUT2D eigenvalue weighted by Gasteiger charge is -2.09. The zero-order chi connectivity index (χ0) is 13.2. The van der Waals surface area contributed by atoms with E-state index in [9.17, 15) is 4.79 Å². The van der Waals surface area contributed by atoms with E-state index in [1.54, 1.807) is 18.9 Å². The van der Waals surface area contributed by atoms with Gasteiger partial charge in [-0.2, -0.15) is 0 Å². The monoisotopic (exact) mass is 331 g/mol. The van der Waals surface area contributed by atoms with Crippen LogP contribution in [0.1, 0.15) is 6.42 Å². The zero-order valence-electron chi connectivity index (χ0n) is 10.4. The molecule has 0 aliphatic rings. The van der Waals surface area contributed by atoms with Crippen molar-refractivity contribution in [1.29, 1.82) is 0 Å². The lowest BCUT2D eigenvalue weighted by Crippen LogP contribution is -2.28. The maximum Gasteiger partial charge on any atom is 0.230 e. The molecule has 0 aliphatic heterocycles. The summed E-state index contributed by atoms with van der Waals surface area (Å²) in [4.78, 5) is 13.0. The van der Waals surface area contributed by atoms with Crippen LogP contribution in [0, 0.1) is 0 Å². The average molecular weight is 332 g/mol. The van der Waals surface area contributed by atoms with Crippen LogP contribution >= 0.6 is 27.7 Å². The Morgan fingerprint density at radius 2 is 2.17 bits per heavy atom. The first-order valence-corrected chi connectivity index (χ1v) is 7.70. The number of hydrogen-bond acceptors (Lipinski definition) is 3. The number of nitrogens with one attached hydrogen (secondary N) is 1. The van der Waals surface area contributed by atoms with E-state index >= 15 is 0 Å². The summed E-state index contributed by atoms with van der Waals surface area (Å²) in [5.74, 6) is 0.530. The van der Waals surface area contributed by atoms with Crippen LogP contribution < -0.4 is 5.32 Å². The van der Waals surface area contributed by atoms with Gasteiger partial charge in [-0.05, 0) is 18.6 Å². The van der Waals surface area contributed by atoms with Crippen LogP contribution in [0.25, 0.3) is 0 Å². The smallest absolute Gasteiger partial charge is 0.230 e. The second kappa shape index (κ2) is 9.42. The highest BCUT2D eigenvalue weighted by Gasteiger charge is 2.05. The van der Waals surface area contributed by atoms with Crippen LogP contribution in [-0.2, 0) is 9.53 Å². The summed E-state index contributed by atoms with van der Waals surface area (Å²) in [6, 6.07) is 9.92. The molecule has 1 atom stereocenters. The Morgan fingerprint density at radius 3 is 2.83 bits per heavy atom. The summed E-state index contributed by atoms with van der Waals surface area (Å²) in [5.41, 5.74) is 0. The Labute approximate surface area is 121 Å². The van der Waals surface area contributed by atoms with Crippen LogP contribution in [0.5, 0.6) is 0 Å². The number of amides is 1. The molecule has 0 spiro atoms. The predicted octanol–water partition coefficient (Wildman–Crippen LogP) is 2.69. The number of ether oxygens (including phenoxy) is 1. The standard InChI is InChI=1S/C13H18BrNO2S/c1-17-9-11(14)7-8-15-13(16)10-18-12-5-3-2-4-6-12/h2-6,11H,7-10H2,1H3,(H,15,16). The van der Waals surface area contributed by atoms with Crippen molar-refractivity contribution in [2.24, 2.45) is 0 Å². The predicted molar refractivity (Wildman–Crippen MR) is 79.4 cm³/mol. The highest BCUT2D eigenvalue weighted by molar-refractivity contribution is 9.09. The van der Waals surface area contributed by atoms with Gasteiger partial charge in [0.05, 0.1) is 12.4 Å². The van der Waals surface area contributed by atoms with Crippen molar-refractivity contribution in [1.82, 2.24) is 5.32 Å². The number of halogens is 1. The summed E-state index contributed by atoms with van der Waals surface area (Å²) < 4.78 is 5.00. The molecule has 3 nitrogen and oxygen atoms in total. The average Bonchev–Trinajstić information content (AvgIpc) is 2.38. The molecule has 100 valence electrons. The quantitative estimate of drug-likeness (QED) is 0.588. The number of alkyl halides is 1. The fraction of sp³-hybridized carbons (Fsp3) is 0.462. The minimum Gasteiger partial charge on any atom is -0.384 e. The Kier molecular flexibility index (Phi) is 8.13. The number of rotatable bonds is 8. The fourth-order valence-electron chi connectivity index (χ4n) is 1.35. The molecule has 18 heavy (non-hydrogen) atoms. The van der Waals surface area contributed by atoms with Gasteiger partial charge in [-0.1, -0.05) is 34.1 Å². The Hall–Kier alpha value is -0.520. The van der Waals surface area contributed by atoms with E-state index in [4.69, 9.17) is 4.74 Å². The van der Waals surface area contributed by atoms with Crippen molar-refractivity contribution in [3.8, 4) is 0 Å². The van der Waals surface area contributed by atoms with Gasteiger partial charge < -0.3 is 10.1 Å². The lowest BCUT2D eigenvalue weighted by atomic mass is 10.3. The van der Waals surface area contributed by atoms with E-state index in [2.05, 4.69) is 21.2 Å². The molecule has 1 unspecified atom stereocenters. The molecule has 1 aromatic carbocycles. The number of hydrogen-bond donors (Lipinski definition) is 1. The molecule has 0 saturated heterocycles. The third kappa shape index (κ3) is 7.03. The molecule has 0 radical (unpaired) electrons. The second-order valence-electron chi connectivity index (χ2n) is 3.79. The Bertz CT molecular complexity index is 348. The van der Waals surface area contributed by atoms with Crippen molar-refractivity contribution in [3.05, 3.63) is 30.3 Å². The van der Waals surface area contributed by atoms with Crippen molar-refractivity contribution in [2.75, 3.05) is 26.0 Å². The maximum absolute atomic E-state index is 11.6. The Balaban J connectivity index is 2.11. The van der Waals surface area contributed by atoms with E-state index in [1.807, 2.05) is 30.3 Å². The first-order valence-electron chi connectivity index (χ1n) is 5.80. The van der Waals surface area contributed by atoms with Crippen molar-refractivity contribution < 1.29 is 9.53 Å². The van der Waals surface area contributed by atoms with Crippen LogP contribution in [0.15, 0.2) is 35.2 Å². The molecule has 0 heterocycles. The molecular formula is C13H18BrNO2S. The van der Waals surface area contributed by atoms with E-state index in [0.29, 0.717) is 23.7 Å². The van der Waals surface area contributed by atoms with Crippen LogP contribution in [0.2, 0.25) is 0 Å². The summed E-state index contributed by atoms with van der Waals surface area (Å²) >= 11 is 5.03. The van der Waals surface area contributed by atoms with Crippen LogP contribution in [-0.4, -0.2) is 36.7 Å². The number of carbonyl (C=O) groups is 1. The molecule has 1 rings (SSSR count). The molecule has 0 saturated carbocycles. The van der Waals surface area contributed by atoms with Gasteiger partial charge in [-0.15, -0.1) is 11.8 Å². The second-order valence-corrected chi connectivity index (χ2v) is 6.14. The zero-order valence-corrected chi connectivity index (χ0v) is 12.8. The molecule has 5 heteroatoms. The minimum atomic E-state index is 0.0703. The van der Waals surface area contributed by atoms with E-state index in [-0.39, 0.29) is 5.91 Å². The molecule has 1 amide bonds. The van der Waals surface area contributed by atoms with Crippen molar-refractivity contribution in [3.63, 3.8) is 0 Å². The van der Waals surface area contributed by atoms with Crippen LogP contribution in [0.3, 0.4) is 0 Å². The summed E-state index contributed by atoms with van der Waals surface area (Å²) in [6.07, 6.45) is 0.871. The minimum absolute atomic E-state index is 0.0703. The molecule has 0 aliphatic carbocycles. The van der Waals surface area contributed by atoms with Gasteiger partial charge in [-0.25, -0.2) is 0 Å². The van der Waals surface area contributed by atoms with Gasteiger partial charge in [-0.3, -0.25) is 4.79 Å². The number of methoxy groups -OCH3 is 1. The van der Waals surface area contributed by atoms with E-state index < -0.39 is 0 Å². The fourth-order valence-corrected chi connectivity index (χ4v) is 2.59. The number of benzene rings is 1. The van der Waals surface area contributed by atoms with Gasteiger partial charge in [0.15, 0.2) is 0 Å². The largest absolute Gasteiger partial charge is 0.384 e. The lowest BCUT2D eigenvalue weighted by molar-refractivity contribution is -0.118. The molecule has 0 aromatic heterocycles. The van der Waals surface area contributed by atoms with Gasteiger partial charge in [0.2, 0.25) is 5.91 Å². The van der Waals surface area contributed by atoms with Crippen LogP contribution in [0.4, 0.5) is 0 Å². The van der Waals surface area contributed by atoms with E-state index in [1.165, 1.54) is 0 Å². The maximum atomic E-state index is 11.6. The number of thioether (sulfide) groups is 1. The van der Waals surface area contributed by atoms with Gasteiger partial charge >= 0.3 is 0 Å². The third-order valence-corrected chi connectivity index (χ3v) is 3.97. The first-order chi connectivity index (χ1) is 8.72. The topological polar surface area (TPSA) is 38.3 Å². The molecule has 1 N–H and O–H groups in total. The normalized spacial score (nSPS) is 12.1. The summed E-state index contributed by atoms with van der Waals surface area (Å²) in [6.45, 7) is 1.34. The first kappa shape index (κ1) is 15.5. The summed E-state index contributed by atoms with van der Waals surface area (Å²) in [5, 5.41) is 2.90. The van der Waals surface area contributed by atoms with Gasteiger partial charge in [0, 0.05) is 23.4 Å². The number of carbonyl (C=O) groups excluding carboxylic acids is 1. The Morgan fingerprint density at radius 1 is 1.44 bits per heavy atom. The molecule has 1 aromatic rings. The van der Waals surface area contributed by atoms with Crippen molar-refractivity contribution in [2.45, 2.75) is 16.1 Å². The van der Waals surface area contributed by atoms with E-state index in [0.717, 1.165) is 11.3 Å². The SMILES string of the molecule is COCC(Br)CCNC(=O)CSc1ccccc1. The molecule has 0 fully saturated rings. The molecular weight excluding hydrogens is 314 g/mol.